The molecule has 1 heterocycles. The van der Waals surface area contributed by atoms with E-state index in [1.807, 2.05) is 53.4 Å². The van der Waals surface area contributed by atoms with Crippen molar-refractivity contribution in [1.82, 2.24) is 10.2 Å². The number of hydrogen-bond acceptors (Lipinski definition) is 3. The molecule has 0 aliphatic carbocycles. The molecule has 1 N–H and O–H groups in total. The first-order valence-corrected chi connectivity index (χ1v) is 14.2. The van der Waals surface area contributed by atoms with Crippen LogP contribution >= 0.6 is 0 Å². The largest absolute Gasteiger partial charge is 0.314 e. The molecule has 1 saturated heterocycles. The van der Waals surface area contributed by atoms with Gasteiger partial charge in [-0.3, -0.25) is 9.69 Å². The summed E-state index contributed by atoms with van der Waals surface area (Å²) in [5.41, 5.74) is 4.42. The Morgan fingerprint density at radius 2 is 1.26 bits per heavy atom. The van der Waals surface area contributed by atoms with E-state index >= 15 is 0 Å². The van der Waals surface area contributed by atoms with Crippen LogP contribution in [0.3, 0.4) is 0 Å². The lowest BCUT2D eigenvalue weighted by atomic mass is 9.93. The predicted molar refractivity (Wildman–Crippen MR) is 161 cm³/mol. The van der Waals surface area contributed by atoms with Crippen LogP contribution in [0, 0.1) is 0 Å². The zero-order chi connectivity index (χ0) is 26.7. The van der Waals surface area contributed by atoms with Crippen LogP contribution in [0.1, 0.15) is 47.2 Å². The number of hydrogen-bond donors (Lipinski definition) is 1. The number of piperidine rings is 1. The van der Waals surface area contributed by atoms with Crippen molar-refractivity contribution in [3.8, 4) is 0 Å². The Kier molecular flexibility index (Phi) is 9.56. The minimum absolute atomic E-state index is 0.0874. The summed E-state index contributed by atoms with van der Waals surface area (Å²) in [6, 6.07) is 41.9. The van der Waals surface area contributed by atoms with Crippen LogP contribution in [0.25, 0.3) is 0 Å². The molecule has 200 valence electrons. The highest BCUT2D eigenvalue weighted by Crippen LogP contribution is 2.27. The SMILES string of the molecule is O=C(c1ccccc1)N(c1ccccc1)C1CCNC(CCCN(Cc2ccccc2)Cc2ccccc2)C1. The van der Waals surface area contributed by atoms with E-state index in [1.54, 1.807) is 0 Å². The first-order chi connectivity index (χ1) is 19.3. The first-order valence-electron chi connectivity index (χ1n) is 14.2. The first kappa shape index (κ1) is 26.9. The van der Waals surface area contributed by atoms with Crippen molar-refractivity contribution in [2.24, 2.45) is 0 Å². The van der Waals surface area contributed by atoms with E-state index < -0.39 is 0 Å². The van der Waals surface area contributed by atoms with Gasteiger partial charge >= 0.3 is 0 Å². The number of nitrogens with zero attached hydrogens (tertiary/aromatic N) is 2. The molecule has 2 atom stereocenters. The average molecular weight is 518 g/mol. The third-order valence-corrected chi connectivity index (χ3v) is 7.63. The number of amides is 1. The number of carbonyl (C=O) groups excluding carboxylic acids is 1. The fourth-order valence-corrected chi connectivity index (χ4v) is 5.70. The van der Waals surface area contributed by atoms with Gasteiger partial charge in [-0.05, 0) is 74.2 Å². The highest BCUT2D eigenvalue weighted by molar-refractivity contribution is 6.06. The highest BCUT2D eigenvalue weighted by Gasteiger charge is 2.31. The van der Waals surface area contributed by atoms with E-state index in [2.05, 4.69) is 83.0 Å². The molecule has 0 saturated carbocycles. The van der Waals surface area contributed by atoms with Crippen LogP contribution in [0.2, 0.25) is 0 Å². The highest BCUT2D eigenvalue weighted by atomic mass is 16.2. The van der Waals surface area contributed by atoms with Crippen LogP contribution in [0.4, 0.5) is 5.69 Å². The van der Waals surface area contributed by atoms with Crippen LogP contribution in [-0.2, 0) is 13.1 Å². The van der Waals surface area contributed by atoms with Crippen molar-refractivity contribution in [3.05, 3.63) is 138 Å². The summed E-state index contributed by atoms with van der Waals surface area (Å²) >= 11 is 0. The summed E-state index contributed by atoms with van der Waals surface area (Å²) in [6.07, 6.45) is 4.13. The van der Waals surface area contributed by atoms with Crippen molar-refractivity contribution in [1.29, 1.82) is 0 Å². The van der Waals surface area contributed by atoms with Gasteiger partial charge in [0.2, 0.25) is 0 Å². The summed E-state index contributed by atoms with van der Waals surface area (Å²) in [7, 11) is 0. The number of anilines is 1. The van der Waals surface area contributed by atoms with E-state index in [0.717, 1.165) is 63.1 Å². The molecular weight excluding hydrogens is 478 g/mol. The topological polar surface area (TPSA) is 35.6 Å². The van der Waals surface area contributed by atoms with Crippen LogP contribution in [-0.4, -0.2) is 36.0 Å². The number of para-hydroxylation sites is 1. The lowest BCUT2D eigenvalue weighted by Gasteiger charge is -2.38. The molecule has 0 radical (unpaired) electrons. The zero-order valence-corrected chi connectivity index (χ0v) is 22.7. The molecule has 4 nitrogen and oxygen atoms in total. The Morgan fingerprint density at radius 1 is 0.718 bits per heavy atom. The van der Waals surface area contributed by atoms with Crippen molar-refractivity contribution < 1.29 is 4.79 Å². The molecule has 4 heteroatoms. The van der Waals surface area contributed by atoms with Gasteiger partial charge in [0.15, 0.2) is 0 Å². The van der Waals surface area contributed by atoms with Gasteiger partial charge in [-0.1, -0.05) is 97.1 Å². The maximum absolute atomic E-state index is 13.7. The second kappa shape index (κ2) is 13.9. The molecule has 1 aliphatic heterocycles. The molecule has 39 heavy (non-hydrogen) atoms. The van der Waals surface area contributed by atoms with Gasteiger partial charge in [0, 0.05) is 36.4 Å². The van der Waals surface area contributed by atoms with Crippen LogP contribution in [0.15, 0.2) is 121 Å². The van der Waals surface area contributed by atoms with Crippen molar-refractivity contribution in [3.63, 3.8) is 0 Å². The maximum Gasteiger partial charge on any atom is 0.258 e. The minimum Gasteiger partial charge on any atom is -0.314 e. The molecule has 0 spiro atoms. The van der Waals surface area contributed by atoms with Gasteiger partial charge in [0.1, 0.15) is 0 Å². The third-order valence-electron chi connectivity index (χ3n) is 7.63. The second-order valence-corrected chi connectivity index (χ2v) is 10.5. The fourth-order valence-electron chi connectivity index (χ4n) is 5.70. The number of rotatable bonds is 11. The standard InChI is InChI=1S/C35H39N3O/c39-35(31-18-9-3-10-19-31)38(33-21-11-4-12-22-33)34-23-24-36-32(26-34)20-13-25-37(27-29-14-5-1-6-15-29)28-30-16-7-2-8-17-30/h1-12,14-19,21-22,32,34,36H,13,20,23-28H2. The monoisotopic (exact) mass is 517 g/mol. The summed E-state index contributed by atoms with van der Waals surface area (Å²) < 4.78 is 0. The van der Waals surface area contributed by atoms with Crippen molar-refractivity contribution >= 4 is 11.6 Å². The molecule has 0 bridgehead atoms. The molecule has 1 aliphatic rings. The second-order valence-electron chi connectivity index (χ2n) is 10.5. The van der Waals surface area contributed by atoms with E-state index in [1.165, 1.54) is 11.1 Å². The quantitative estimate of drug-likeness (QED) is 0.234. The van der Waals surface area contributed by atoms with Gasteiger partial charge in [-0.15, -0.1) is 0 Å². The molecule has 1 amide bonds. The summed E-state index contributed by atoms with van der Waals surface area (Å²) in [4.78, 5) is 18.3. The smallest absolute Gasteiger partial charge is 0.258 e. The predicted octanol–water partition coefficient (Wildman–Crippen LogP) is 6.94. The summed E-state index contributed by atoms with van der Waals surface area (Å²) in [5, 5.41) is 3.75. The summed E-state index contributed by atoms with van der Waals surface area (Å²) in [6.45, 7) is 3.87. The molecule has 5 rings (SSSR count). The van der Waals surface area contributed by atoms with Gasteiger partial charge in [-0.2, -0.15) is 0 Å². The Balaban J connectivity index is 1.23. The minimum atomic E-state index is 0.0874. The van der Waals surface area contributed by atoms with Gasteiger partial charge in [0.25, 0.3) is 5.91 Å². The number of carbonyl (C=O) groups is 1. The lowest BCUT2D eigenvalue weighted by molar-refractivity contribution is 0.0968. The molecule has 0 aromatic heterocycles. The van der Waals surface area contributed by atoms with E-state index in [9.17, 15) is 4.79 Å². The molecule has 1 fully saturated rings. The zero-order valence-electron chi connectivity index (χ0n) is 22.7. The lowest BCUT2D eigenvalue weighted by Crippen LogP contribution is -2.50. The van der Waals surface area contributed by atoms with E-state index in [-0.39, 0.29) is 11.9 Å². The molecule has 2 unspecified atom stereocenters. The fraction of sp³-hybridized carbons (Fsp3) is 0.286. The Labute approximate surface area is 233 Å². The summed E-state index contributed by atoms with van der Waals surface area (Å²) in [5.74, 6) is 0.0874. The van der Waals surface area contributed by atoms with Crippen LogP contribution < -0.4 is 10.2 Å². The van der Waals surface area contributed by atoms with E-state index in [0.29, 0.717) is 6.04 Å². The van der Waals surface area contributed by atoms with Crippen molar-refractivity contribution in [2.45, 2.75) is 50.9 Å². The number of nitrogens with one attached hydrogen (secondary N) is 1. The maximum atomic E-state index is 13.7. The number of benzene rings is 4. The molecule has 4 aromatic carbocycles. The average Bonchev–Trinajstić information content (AvgIpc) is 2.99. The molecule has 4 aromatic rings. The van der Waals surface area contributed by atoms with Crippen molar-refractivity contribution in [2.75, 3.05) is 18.0 Å². The van der Waals surface area contributed by atoms with E-state index in [4.69, 9.17) is 0 Å². The Morgan fingerprint density at radius 3 is 1.85 bits per heavy atom. The Hall–Kier alpha value is -3.73. The Bertz CT molecular complexity index is 1220. The third kappa shape index (κ3) is 7.66. The van der Waals surface area contributed by atoms with Crippen LogP contribution in [0.5, 0.6) is 0 Å². The van der Waals surface area contributed by atoms with Gasteiger partial charge in [0.05, 0.1) is 0 Å². The molecular formula is C35H39N3O. The van der Waals surface area contributed by atoms with Gasteiger partial charge < -0.3 is 10.2 Å². The van der Waals surface area contributed by atoms with Gasteiger partial charge in [-0.25, -0.2) is 0 Å². The normalized spacial score (nSPS) is 17.2.